The fourth-order valence-corrected chi connectivity index (χ4v) is 2.65. The van der Waals surface area contributed by atoms with Crippen molar-refractivity contribution in [1.82, 2.24) is 0 Å². The van der Waals surface area contributed by atoms with Crippen LogP contribution in [0.2, 0.25) is 0 Å². The van der Waals surface area contributed by atoms with Crippen LogP contribution in [0, 0.1) is 49.9 Å². The Bertz CT molecular complexity index is 207. The Labute approximate surface area is 173 Å². The van der Waals surface area contributed by atoms with Gasteiger partial charge in [-0.1, -0.05) is 96.8 Å². The van der Waals surface area contributed by atoms with Crippen LogP contribution in [0.25, 0.3) is 0 Å². The van der Waals surface area contributed by atoms with Crippen LogP contribution in [0.4, 0.5) is 0 Å². The van der Waals surface area contributed by atoms with Gasteiger partial charge < -0.3 is 5.11 Å². The van der Waals surface area contributed by atoms with Crippen LogP contribution in [-0.2, 0) is 4.79 Å². The Morgan fingerprint density at radius 1 is 0.619 bits per heavy atom. The molecule has 0 saturated heterocycles. The van der Waals surface area contributed by atoms with Crippen molar-refractivity contribution in [2.24, 2.45) is 0 Å². The number of carboxylic acid groups (broad SMARTS) is 1. The first-order chi connectivity index (χ1) is 9.77. The Balaban J connectivity index is 0. The monoisotopic (exact) mass is 507 g/mol. The van der Waals surface area contributed by atoms with Gasteiger partial charge in [-0.25, -0.2) is 0 Å². The van der Waals surface area contributed by atoms with Crippen LogP contribution >= 0.6 is 0 Å². The molecule has 21 heavy (non-hydrogen) atoms. The number of carboxylic acids is 1. The summed E-state index contributed by atoms with van der Waals surface area (Å²) in [6.45, 7) is 2.27. The second-order valence-corrected chi connectivity index (χ2v) is 6.09. The predicted octanol–water partition coefficient (Wildman–Crippen LogP) is 6.33. The number of aliphatic carboxylic acids is 1. The molecule has 0 unspecified atom stereocenters. The molecule has 3 heteroatoms. The molecule has 0 rings (SSSR count). The normalized spacial score (nSPS) is 10.3. The number of hydrogen-bond donors (Lipinski definition) is 1. The molecule has 0 heterocycles. The van der Waals surface area contributed by atoms with Gasteiger partial charge in [0.25, 0.3) is 0 Å². The summed E-state index contributed by atoms with van der Waals surface area (Å²) in [4.78, 5) is 10.3. The fourth-order valence-electron chi connectivity index (χ4n) is 2.65. The summed E-state index contributed by atoms with van der Waals surface area (Å²) in [7, 11) is 0. The van der Waals surface area contributed by atoms with Crippen LogP contribution in [0.3, 0.4) is 0 Å². The molecule has 0 saturated carbocycles. The molecule has 0 atom stereocenters. The maximum Gasteiger partial charge on any atom is 0.303 e. The van der Waals surface area contributed by atoms with Gasteiger partial charge in [-0.15, -0.1) is 0 Å². The zero-order valence-electron chi connectivity index (χ0n) is 14.7. The zero-order valence-corrected chi connectivity index (χ0v) is 22.9. The van der Waals surface area contributed by atoms with Crippen LogP contribution in [-0.4, -0.2) is 11.1 Å². The summed E-state index contributed by atoms with van der Waals surface area (Å²) in [5.74, 6) is -0.653. The number of unbranched alkanes of at least 4 members (excludes halogenated alkanes) is 14. The molecule has 0 bridgehead atoms. The molecule has 0 aromatic heterocycles. The molecule has 0 amide bonds. The number of hydrogen-bond acceptors (Lipinski definition) is 1. The van der Waals surface area contributed by atoms with Gasteiger partial charge in [0.2, 0.25) is 0 Å². The molecule has 1 radical (unpaired) electrons. The van der Waals surface area contributed by atoms with E-state index in [0.29, 0.717) is 6.42 Å². The molecule has 0 spiro atoms. The smallest absolute Gasteiger partial charge is 0.303 e. The third-order valence-corrected chi connectivity index (χ3v) is 3.99. The number of carbonyl (C=O) groups is 1. The fraction of sp³-hybridized carbons (Fsp3) is 0.944. The van der Waals surface area contributed by atoms with Gasteiger partial charge in [0.05, 0.1) is 0 Å². The standard InChI is InChI=1S/C18H36O2.Fr/c1-2-3-4-5-6-7-8-9-10-11-12-13-14-15-16-17-18(19)20;/h2-17H2,1H3,(H,19,20);. The van der Waals surface area contributed by atoms with Gasteiger partial charge >= 0.3 is 5.97 Å². The minimum absolute atomic E-state index is 0. The molecular weight excluding hydrogens is 471 g/mol. The van der Waals surface area contributed by atoms with E-state index in [4.69, 9.17) is 5.11 Å². The van der Waals surface area contributed by atoms with Gasteiger partial charge in [-0.2, -0.15) is 0 Å². The molecule has 121 valence electrons. The molecule has 0 fully saturated rings. The van der Waals surface area contributed by atoms with Crippen molar-refractivity contribution in [3.05, 3.63) is 0 Å². The summed E-state index contributed by atoms with van der Waals surface area (Å²) in [5.41, 5.74) is 0. The minimum atomic E-state index is -0.653. The largest absolute Gasteiger partial charge is 0.481 e. The van der Waals surface area contributed by atoms with Crippen molar-refractivity contribution in [3.8, 4) is 0 Å². The first-order valence-corrected chi connectivity index (χ1v) is 8.99. The van der Waals surface area contributed by atoms with E-state index in [1.165, 1.54) is 83.5 Å². The summed E-state index contributed by atoms with van der Waals surface area (Å²) in [6, 6.07) is 0. The second-order valence-electron chi connectivity index (χ2n) is 6.09. The Morgan fingerprint density at radius 2 is 0.905 bits per heavy atom. The molecule has 0 aromatic rings. The van der Waals surface area contributed by atoms with Crippen LogP contribution in [0.15, 0.2) is 0 Å². The summed E-state index contributed by atoms with van der Waals surface area (Å²) in [6.07, 6.45) is 20.2. The molecular formula is C18H36FrO2. The van der Waals surface area contributed by atoms with Crippen molar-refractivity contribution in [2.45, 2.75) is 110 Å². The van der Waals surface area contributed by atoms with E-state index >= 15 is 0 Å². The average Bonchev–Trinajstić information content (AvgIpc) is 2.43. The Hall–Kier alpha value is 1.07. The SMILES string of the molecule is CCCCCCCCCCCCCCCCCC(=O)O.[Fr]. The van der Waals surface area contributed by atoms with Crippen molar-refractivity contribution in [2.75, 3.05) is 0 Å². The first kappa shape index (κ1) is 24.3. The molecule has 0 aliphatic rings. The van der Waals surface area contributed by atoms with E-state index < -0.39 is 5.97 Å². The molecule has 0 aliphatic carbocycles. The minimum Gasteiger partial charge on any atom is -0.481 e. The topological polar surface area (TPSA) is 37.3 Å². The Kier molecular flexibility index (Phi) is 24.4. The van der Waals surface area contributed by atoms with E-state index in [0.717, 1.165) is 12.8 Å². The van der Waals surface area contributed by atoms with Crippen molar-refractivity contribution in [3.63, 3.8) is 0 Å². The molecule has 0 aliphatic heterocycles. The van der Waals surface area contributed by atoms with Gasteiger partial charge in [0, 0.05) is 56.3 Å². The van der Waals surface area contributed by atoms with E-state index in [-0.39, 0.29) is 49.9 Å². The third-order valence-electron chi connectivity index (χ3n) is 3.99. The van der Waals surface area contributed by atoms with Gasteiger partial charge in [-0.05, 0) is 6.42 Å². The second kappa shape index (κ2) is 21.1. The molecule has 2 nitrogen and oxygen atoms in total. The van der Waals surface area contributed by atoms with E-state index in [2.05, 4.69) is 6.92 Å². The summed E-state index contributed by atoms with van der Waals surface area (Å²) < 4.78 is 0. The van der Waals surface area contributed by atoms with Gasteiger partial charge in [-0.3, -0.25) is 4.79 Å². The Morgan fingerprint density at radius 3 is 1.19 bits per heavy atom. The quantitative estimate of drug-likeness (QED) is 0.248. The van der Waals surface area contributed by atoms with E-state index in [9.17, 15) is 4.79 Å². The van der Waals surface area contributed by atoms with Crippen molar-refractivity contribution < 1.29 is 59.8 Å². The van der Waals surface area contributed by atoms with E-state index in [1.807, 2.05) is 0 Å². The first-order valence-electron chi connectivity index (χ1n) is 8.99. The predicted molar refractivity (Wildman–Crippen MR) is 87.2 cm³/mol. The third kappa shape index (κ3) is 23.5. The van der Waals surface area contributed by atoms with E-state index in [1.54, 1.807) is 0 Å². The number of rotatable bonds is 16. The van der Waals surface area contributed by atoms with Crippen LogP contribution in [0.5, 0.6) is 0 Å². The maximum absolute atomic E-state index is 10.3. The summed E-state index contributed by atoms with van der Waals surface area (Å²) >= 11 is 0. The zero-order chi connectivity index (χ0) is 14.9. The van der Waals surface area contributed by atoms with Crippen molar-refractivity contribution >= 4 is 5.97 Å². The van der Waals surface area contributed by atoms with Gasteiger partial charge in [0.1, 0.15) is 0 Å². The average molecular weight is 507 g/mol. The summed E-state index contributed by atoms with van der Waals surface area (Å²) in [5, 5.41) is 8.52. The van der Waals surface area contributed by atoms with Gasteiger partial charge in [0.15, 0.2) is 0 Å². The van der Waals surface area contributed by atoms with Crippen LogP contribution < -0.4 is 0 Å². The van der Waals surface area contributed by atoms with Crippen LogP contribution in [0.1, 0.15) is 110 Å². The molecule has 0 aromatic carbocycles. The van der Waals surface area contributed by atoms with Crippen molar-refractivity contribution in [1.29, 1.82) is 0 Å². The molecule has 1 N–H and O–H groups in total. The maximum atomic E-state index is 10.3.